The number of ether oxygens (including phenoxy) is 3. The van der Waals surface area contributed by atoms with Crippen LogP contribution < -0.4 is 5.32 Å². The first-order chi connectivity index (χ1) is 9.43. The number of carbonyl (C=O) groups is 1. The lowest BCUT2D eigenvalue weighted by atomic mass is 10.1. The molecule has 0 spiro atoms. The highest BCUT2D eigenvalue weighted by Gasteiger charge is 2.27. The third-order valence-electron chi connectivity index (χ3n) is 3.00. The van der Waals surface area contributed by atoms with E-state index in [0.29, 0.717) is 18.5 Å². The van der Waals surface area contributed by atoms with Crippen LogP contribution in [0.25, 0.3) is 0 Å². The zero-order valence-corrected chi connectivity index (χ0v) is 15.9. The standard InChI is InChI=1S/C15H30BrNO4/c1-13(2,3)21-12(18)17-11-15(6,10-16)20-9-8-14(4,5)19-7/h8-11H2,1-7H3,(H,17,18). The quantitative estimate of drug-likeness (QED) is 0.667. The smallest absolute Gasteiger partial charge is 0.407 e. The van der Waals surface area contributed by atoms with Gasteiger partial charge < -0.3 is 19.5 Å². The van der Waals surface area contributed by atoms with Crippen LogP contribution in [0.1, 0.15) is 48.0 Å². The number of halogens is 1. The van der Waals surface area contributed by atoms with Crippen molar-refractivity contribution in [3.8, 4) is 0 Å². The maximum absolute atomic E-state index is 11.7. The minimum Gasteiger partial charge on any atom is -0.444 e. The lowest BCUT2D eigenvalue weighted by molar-refractivity contribution is -0.0549. The van der Waals surface area contributed by atoms with Crippen molar-refractivity contribution in [1.29, 1.82) is 0 Å². The monoisotopic (exact) mass is 367 g/mol. The lowest BCUT2D eigenvalue weighted by Crippen LogP contribution is -2.46. The van der Waals surface area contributed by atoms with Gasteiger partial charge in [0.1, 0.15) is 5.60 Å². The van der Waals surface area contributed by atoms with Crippen molar-refractivity contribution in [2.75, 3.05) is 25.6 Å². The molecule has 1 N–H and O–H groups in total. The molecular formula is C15H30BrNO4. The summed E-state index contributed by atoms with van der Waals surface area (Å²) in [5.74, 6) is 0. The van der Waals surface area contributed by atoms with E-state index in [0.717, 1.165) is 6.42 Å². The predicted molar refractivity (Wildman–Crippen MR) is 88.1 cm³/mol. The van der Waals surface area contributed by atoms with Gasteiger partial charge in [-0.3, -0.25) is 0 Å². The van der Waals surface area contributed by atoms with E-state index in [1.807, 2.05) is 41.5 Å². The Morgan fingerprint density at radius 2 is 1.71 bits per heavy atom. The highest BCUT2D eigenvalue weighted by Crippen LogP contribution is 2.18. The largest absolute Gasteiger partial charge is 0.444 e. The summed E-state index contributed by atoms with van der Waals surface area (Å²) in [6, 6.07) is 0. The normalized spacial score (nSPS) is 15.4. The minimum atomic E-state index is -0.502. The SMILES string of the molecule is COC(C)(C)CCOC(C)(CBr)CNC(=O)OC(C)(C)C. The van der Waals surface area contributed by atoms with Crippen LogP contribution in [0.15, 0.2) is 0 Å². The fourth-order valence-corrected chi connectivity index (χ4v) is 1.72. The van der Waals surface area contributed by atoms with Gasteiger partial charge in [-0.25, -0.2) is 4.79 Å². The Kier molecular flexibility index (Phi) is 8.21. The van der Waals surface area contributed by atoms with Gasteiger partial charge >= 0.3 is 6.09 Å². The molecule has 0 aliphatic carbocycles. The second-order valence-electron chi connectivity index (χ2n) is 7.00. The van der Waals surface area contributed by atoms with Gasteiger partial charge in [0.15, 0.2) is 0 Å². The van der Waals surface area contributed by atoms with Crippen molar-refractivity contribution in [2.24, 2.45) is 0 Å². The molecule has 1 atom stereocenters. The molecule has 0 bridgehead atoms. The van der Waals surface area contributed by atoms with Crippen molar-refractivity contribution in [3.05, 3.63) is 0 Å². The van der Waals surface area contributed by atoms with E-state index in [1.54, 1.807) is 7.11 Å². The van der Waals surface area contributed by atoms with Crippen LogP contribution in [-0.4, -0.2) is 48.5 Å². The third kappa shape index (κ3) is 10.1. The average molecular weight is 368 g/mol. The zero-order chi connectivity index (χ0) is 16.7. The Bertz CT molecular complexity index is 328. The van der Waals surface area contributed by atoms with E-state index in [1.165, 1.54) is 0 Å². The number of methoxy groups -OCH3 is 1. The maximum atomic E-state index is 11.7. The number of hydrogen-bond acceptors (Lipinski definition) is 4. The maximum Gasteiger partial charge on any atom is 0.407 e. The molecule has 0 saturated carbocycles. The molecule has 5 nitrogen and oxygen atoms in total. The van der Waals surface area contributed by atoms with E-state index in [2.05, 4.69) is 21.2 Å². The van der Waals surface area contributed by atoms with Gasteiger partial charge in [0.2, 0.25) is 0 Å². The van der Waals surface area contributed by atoms with Gasteiger partial charge in [-0.05, 0) is 48.0 Å². The first-order valence-corrected chi connectivity index (χ1v) is 8.27. The molecule has 0 aromatic rings. The topological polar surface area (TPSA) is 56.8 Å². The van der Waals surface area contributed by atoms with Crippen LogP contribution in [0.3, 0.4) is 0 Å². The van der Waals surface area contributed by atoms with Crippen molar-refractivity contribution >= 4 is 22.0 Å². The number of alkyl carbamates (subject to hydrolysis) is 1. The molecular weight excluding hydrogens is 338 g/mol. The fraction of sp³-hybridized carbons (Fsp3) is 0.933. The highest BCUT2D eigenvalue weighted by molar-refractivity contribution is 9.09. The first-order valence-electron chi connectivity index (χ1n) is 7.15. The Hall–Kier alpha value is -0.330. The second-order valence-corrected chi connectivity index (χ2v) is 7.56. The summed E-state index contributed by atoms with van der Waals surface area (Å²) in [5, 5.41) is 3.36. The Morgan fingerprint density at radius 3 is 2.14 bits per heavy atom. The molecule has 21 heavy (non-hydrogen) atoms. The number of carbonyl (C=O) groups excluding carboxylic acids is 1. The molecule has 0 saturated heterocycles. The molecule has 0 aromatic heterocycles. The molecule has 1 amide bonds. The van der Waals surface area contributed by atoms with E-state index < -0.39 is 17.3 Å². The number of rotatable bonds is 8. The highest BCUT2D eigenvalue weighted by atomic mass is 79.9. The van der Waals surface area contributed by atoms with Crippen LogP contribution in [0, 0.1) is 0 Å². The summed E-state index contributed by atoms with van der Waals surface area (Å²) in [5.41, 5.74) is -1.20. The van der Waals surface area contributed by atoms with E-state index in [-0.39, 0.29) is 5.60 Å². The van der Waals surface area contributed by atoms with E-state index in [4.69, 9.17) is 14.2 Å². The molecule has 0 fully saturated rings. The second kappa shape index (κ2) is 8.34. The molecule has 126 valence electrons. The zero-order valence-electron chi connectivity index (χ0n) is 14.3. The Balaban J connectivity index is 4.25. The molecule has 6 heteroatoms. The van der Waals surface area contributed by atoms with Gasteiger partial charge in [0.25, 0.3) is 0 Å². The number of alkyl halides is 1. The van der Waals surface area contributed by atoms with Crippen molar-refractivity contribution in [2.45, 2.75) is 64.8 Å². The number of amides is 1. The van der Waals surface area contributed by atoms with Crippen molar-refractivity contribution in [1.82, 2.24) is 5.32 Å². The summed E-state index contributed by atoms with van der Waals surface area (Å²) < 4.78 is 16.5. The molecule has 0 aliphatic heterocycles. The molecule has 0 rings (SSSR count). The van der Waals surface area contributed by atoms with Crippen LogP contribution in [0.5, 0.6) is 0 Å². The van der Waals surface area contributed by atoms with Gasteiger partial charge in [0, 0.05) is 12.4 Å². The van der Waals surface area contributed by atoms with Crippen molar-refractivity contribution in [3.63, 3.8) is 0 Å². The molecule has 0 radical (unpaired) electrons. The first kappa shape index (κ1) is 20.7. The summed E-state index contributed by atoms with van der Waals surface area (Å²) in [4.78, 5) is 11.7. The van der Waals surface area contributed by atoms with E-state index >= 15 is 0 Å². The molecule has 0 aliphatic rings. The van der Waals surface area contributed by atoms with E-state index in [9.17, 15) is 4.79 Å². The number of hydrogen-bond donors (Lipinski definition) is 1. The minimum absolute atomic E-state index is 0.216. The third-order valence-corrected chi connectivity index (χ3v) is 4.18. The lowest BCUT2D eigenvalue weighted by Gasteiger charge is -2.31. The Morgan fingerprint density at radius 1 is 1.14 bits per heavy atom. The van der Waals surface area contributed by atoms with Crippen LogP contribution >= 0.6 is 15.9 Å². The fourth-order valence-electron chi connectivity index (χ4n) is 1.36. The van der Waals surface area contributed by atoms with Crippen molar-refractivity contribution < 1.29 is 19.0 Å². The molecule has 0 aromatic carbocycles. The van der Waals surface area contributed by atoms with Gasteiger partial charge in [0.05, 0.1) is 24.4 Å². The van der Waals surface area contributed by atoms with Gasteiger partial charge in [-0.1, -0.05) is 15.9 Å². The van der Waals surface area contributed by atoms with Crippen LogP contribution in [-0.2, 0) is 14.2 Å². The Labute approximate surface area is 137 Å². The summed E-state index contributed by atoms with van der Waals surface area (Å²) in [6.45, 7) is 12.4. The average Bonchev–Trinajstić information content (AvgIpc) is 2.34. The van der Waals surface area contributed by atoms with Crippen LogP contribution in [0.2, 0.25) is 0 Å². The van der Waals surface area contributed by atoms with Crippen LogP contribution in [0.4, 0.5) is 4.79 Å². The van der Waals surface area contributed by atoms with Gasteiger partial charge in [-0.2, -0.15) is 0 Å². The van der Waals surface area contributed by atoms with Gasteiger partial charge in [-0.15, -0.1) is 0 Å². The molecule has 0 heterocycles. The predicted octanol–water partition coefficient (Wildman–Crippen LogP) is 3.50. The summed E-state index contributed by atoms with van der Waals surface area (Å²) >= 11 is 3.43. The number of nitrogens with one attached hydrogen (secondary N) is 1. The molecule has 1 unspecified atom stereocenters. The summed E-state index contributed by atoms with van der Waals surface area (Å²) in [6.07, 6.45) is 0.342. The summed E-state index contributed by atoms with van der Waals surface area (Å²) in [7, 11) is 1.69.